The Hall–Kier alpha value is -0.980. The molecule has 1 fully saturated rings. The van der Waals surface area contributed by atoms with Gasteiger partial charge in [-0.3, -0.25) is 0 Å². The number of para-hydroxylation sites is 1. The van der Waals surface area contributed by atoms with Crippen LogP contribution in [0.1, 0.15) is 43.2 Å². The lowest BCUT2D eigenvalue weighted by Gasteiger charge is -2.09. The lowest BCUT2D eigenvalue weighted by molar-refractivity contribution is 0.689. The average Bonchev–Trinajstić information content (AvgIpc) is 2.76. The second kappa shape index (κ2) is 3.01. The van der Waals surface area contributed by atoms with Gasteiger partial charge in [-0.05, 0) is 30.4 Å². The van der Waals surface area contributed by atoms with E-state index in [1.54, 1.807) is 5.56 Å². The average molecular weight is 187 g/mol. The van der Waals surface area contributed by atoms with Gasteiger partial charge in [0, 0.05) is 17.6 Å². The van der Waals surface area contributed by atoms with Gasteiger partial charge >= 0.3 is 0 Å². The van der Waals surface area contributed by atoms with E-state index in [2.05, 4.69) is 30.4 Å². The Labute approximate surface area is 85.5 Å². The summed E-state index contributed by atoms with van der Waals surface area (Å²) in [5.74, 6) is 0.816. The number of aryl methyl sites for hydroxylation is 1. The smallest absolute Gasteiger partial charge is 0.0411 e. The minimum atomic E-state index is 0.748. The molecule has 74 valence electrons. The lowest BCUT2D eigenvalue weighted by Crippen LogP contribution is -2.13. The van der Waals surface area contributed by atoms with Crippen molar-refractivity contribution >= 4 is 5.69 Å². The number of fused-ring (bicyclic) bond motifs is 3. The van der Waals surface area contributed by atoms with Crippen LogP contribution in [0, 0.1) is 0 Å². The van der Waals surface area contributed by atoms with Crippen molar-refractivity contribution in [3.63, 3.8) is 0 Å². The van der Waals surface area contributed by atoms with Crippen molar-refractivity contribution in [3.05, 3.63) is 29.3 Å². The molecular weight excluding hydrogens is 170 g/mol. The molecule has 0 amide bonds. The molecule has 2 unspecified atom stereocenters. The molecule has 0 bridgehead atoms. The lowest BCUT2D eigenvalue weighted by atomic mass is 9.95. The van der Waals surface area contributed by atoms with E-state index < -0.39 is 0 Å². The van der Waals surface area contributed by atoms with Gasteiger partial charge in [0.15, 0.2) is 0 Å². The zero-order valence-electron chi connectivity index (χ0n) is 8.72. The second-order valence-corrected chi connectivity index (χ2v) is 4.52. The van der Waals surface area contributed by atoms with Crippen LogP contribution < -0.4 is 5.32 Å². The Morgan fingerprint density at radius 2 is 2.29 bits per heavy atom. The number of hydrogen-bond acceptors (Lipinski definition) is 1. The Balaban J connectivity index is 2.08. The Bertz CT molecular complexity index is 356. The first-order chi connectivity index (χ1) is 6.90. The highest BCUT2D eigenvalue weighted by Crippen LogP contribution is 2.46. The first-order valence-corrected chi connectivity index (χ1v) is 5.78. The van der Waals surface area contributed by atoms with Crippen molar-refractivity contribution in [2.45, 2.75) is 44.6 Å². The van der Waals surface area contributed by atoms with Crippen LogP contribution in [0.3, 0.4) is 0 Å². The van der Waals surface area contributed by atoms with Crippen molar-refractivity contribution in [2.24, 2.45) is 0 Å². The predicted octanol–water partition coefficient (Wildman–Crippen LogP) is 3.31. The van der Waals surface area contributed by atoms with Crippen molar-refractivity contribution in [1.29, 1.82) is 0 Å². The normalized spacial score (nSPS) is 28.4. The molecule has 0 spiro atoms. The maximum absolute atomic E-state index is 3.72. The van der Waals surface area contributed by atoms with E-state index in [4.69, 9.17) is 0 Å². The third-order valence-electron chi connectivity index (χ3n) is 3.81. The summed E-state index contributed by atoms with van der Waals surface area (Å²) < 4.78 is 0. The third-order valence-corrected chi connectivity index (χ3v) is 3.81. The molecule has 1 N–H and O–H groups in total. The van der Waals surface area contributed by atoms with Gasteiger partial charge < -0.3 is 5.32 Å². The molecule has 14 heavy (non-hydrogen) atoms. The van der Waals surface area contributed by atoms with Gasteiger partial charge in [-0.1, -0.05) is 31.5 Å². The largest absolute Gasteiger partial charge is 0.381 e. The summed E-state index contributed by atoms with van der Waals surface area (Å²) in [7, 11) is 0. The van der Waals surface area contributed by atoms with Gasteiger partial charge in [-0.15, -0.1) is 0 Å². The molecule has 1 nitrogen and oxygen atoms in total. The van der Waals surface area contributed by atoms with Crippen LogP contribution in [-0.4, -0.2) is 6.04 Å². The summed E-state index contributed by atoms with van der Waals surface area (Å²) in [4.78, 5) is 0. The van der Waals surface area contributed by atoms with E-state index >= 15 is 0 Å². The van der Waals surface area contributed by atoms with E-state index in [0.717, 1.165) is 18.4 Å². The van der Waals surface area contributed by atoms with Crippen LogP contribution >= 0.6 is 0 Å². The summed E-state index contributed by atoms with van der Waals surface area (Å²) in [6.45, 7) is 2.24. The fourth-order valence-corrected chi connectivity index (χ4v) is 3.09. The number of hydrogen-bond donors (Lipinski definition) is 1. The fraction of sp³-hybridized carbons (Fsp3) is 0.538. The molecular formula is C13H17N. The Morgan fingerprint density at radius 1 is 1.36 bits per heavy atom. The molecule has 1 aromatic rings. The van der Waals surface area contributed by atoms with Crippen LogP contribution in [0.4, 0.5) is 5.69 Å². The van der Waals surface area contributed by atoms with Crippen molar-refractivity contribution in [3.8, 4) is 0 Å². The first kappa shape index (κ1) is 8.34. The topological polar surface area (TPSA) is 12.0 Å². The van der Waals surface area contributed by atoms with Crippen LogP contribution in [0.25, 0.3) is 0 Å². The second-order valence-electron chi connectivity index (χ2n) is 4.52. The molecule has 2 aliphatic rings. The van der Waals surface area contributed by atoms with E-state index in [1.165, 1.54) is 30.5 Å². The molecule has 1 heterocycles. The van der Waals surface area contributed by atoms with Gasteiger partial charge in [-0.2, -0.15) is 0 Å². The van der Waals surface area contributed by atoms with Gasteiger partial charge in [0.2, 0.25) is 0 Å². The van der Waals surface area contributed by atoms with Crippen molar-refractivity contribution < 1.29 is 0 Å². The third kappa shape index (κ3) is 1.01. The summed E-state index contributed by atoms with van der Waals surface area (Å²) in [5, 5.41) is 3.72. The molecule has 1 aliphatic heterocycles. The van der Waals surface area contributed by atoms with Gasteiger partial charge in [-0.25, -0.2) is 0 Å². The molecule has 1 aliphatic carbocycles. The number of nitrogens with one attached hydrogen (secondary N) is 1. The van der Waals surface area contributed by atoms with Gasteiger partial charge in [0.1, 0.15) is 0 Å². The molecule has 2 atom stereocenters. The maximum Gasteiger partial charge on any atom is 0.0411 e. The molecule has 0 aromatic heterocycles. The van der Waals surface area contributed by atoms with Crippen LogP contribution in [0.15, 0.2) is 18.2 Å². The van der Waals surface area contributed by atoms with Crippen LogP contribution in [0.5, 0.6) is 0 Å². The van der Waals surface area contributed by atoms with E-state index in [9.17, 15) is 0 Å². The summed E-state index contributed by atoms with van der Waals surface area (Å²) >= 11 is 0. The van der Waals surface area contributed by atoms with E-state index in [1.807, 2.05) is 0 Å². The van der Waals surface area contributed by atoms with E-state index in [-0.39, 0.29) is 0 Å². The van der Waals surface area contributed by atoms with Crippen molar-refractivity contribution in [2.75, 3.05) is 5.32 Å². The summed E-state index contributed by atoms with van der Waals surface area (Å²) in [6.07, 6.45) is 5.30. The standard InChI is InChI=1S/C13H17N/c1-2-9-5-3-7-11-10-6-4-8-12(10)14-13(9)11/h3,5,7,10,12,14H,2,4,6,8H2,1H3. The zero-order valence-corrected chi connectivity index (χ0v) is 8.72. The first-order valence-electron chi connectivity index (χ1n) is 5.78. The molecule has 0 radical (unpaired) electrons. The number of anilines is 1. The SMILES string of the molecule is CCc1cccc2c1NC1CCCC21. The monoisotopic (exact) mass is 187 g/mol. The number of benzene rings is 1. The maximum atomic E-state index is 3.72. The predicted molar refractivity (Wildman–Crippen MR) is 59.8 cm³/mol. The molecule has 1 aromatic carbocycles. The summed E-state index contributed by atoms with van der Waals surface area (Å²) in [6, 6.07) is 7.54. The van der Waals surface area contributed by atoms with Gasteiger partial charge in [0.05, 0.1) is 0 Å². The molecule has 1 heteroatoms. The highest BCUT2D eigenvalue weighted by Gasteiger charge is 2.36. The quantitative estimate of drug-likeness (QED) is 0.711. The minimum Gasteiger partial charge on any atom is -0.381 e. The molecule has 1 saturated carbocycles. The Kier molecular flexibility index (Phi) is 1.79. The van der Waals surface area contributed by atoms with Crippen LogP contribution in [0.2, 0.25) is 0 Å². The highest BCUT2D eigenvalue weighted by molar-refractivity contribution is 5.64. The molecule has 0 saturated heterocycles. The van der Waals surface area contributed by atoms with Gasteiger partial charge in [0.25, 0.3) is 0 Å². The Morgan fingerprint density at radius 3 is 3.14 bits per heavy atom. The highest BCUT2D eigenvalue weighted by atomic mass is 15.0. The molecule has 3 rings (SSSR count). The number of rotatable bonds is 1. The van der Waals surface area contributed by atoms with Crippen LogP contribution in [-0.2, 0) is 6.42 Å². The minimum absolute atomic E-state index is 0.748. The van der Waals surface area contributed by atoms with E-state index in [0.29, 0.717) is 0 Å². The zero-order chi connectivity index (χ0) is 9.54. The van der Waals surface area contributed by atoms with Crippen molar-refractivity contribution in [1.82, 2.24) is 0 Å². The fourth-order valence-electron chi connectivity index (χ4n) is 3.09. The summed E-state index contributed by atoms with van der Waals surface area (Å²) in [5.41, 5.74) is 4.55.